The molecule has 0 heterocycles. The van der Waals surface area contributed by atoms with Gasteiger partial charge in [-0.15, -0.1) is 6.58 Å². The van der Waals surface area contributed by atoms with Crippen LogP contribution in [0.1, 0.15) is 5.56 Å². The van der Waals surface area contributed by atoms with Gasteiger partial charge in [-0.1, -0.05) is 60.7 Å². The third-order valence-electron chi connectivity index (χ3n) is 3.98. The van der Waals surface area contributed by atoms with Crippen LogP contribution in [-0.2, 0) is 6.42 Å². The molecular weight excluding hydrogens is 228 g/mol. The predicted molar refractivity (Wildman–Crippen MR) is 84.0 cm³/mol. The van der Waals surface area contributed by atoms with Crippen molar-refractivity contribution in [3.8, 4) is 0 Å². The number of benzene rings is 4. The van der Waals surface area contributed by atoms with E-state index in [9.17, 15) is 0 Å². The van der Waals surface area contributed by atoms with Gasteiger partial charge in [-0.05, 0) is 44.3 Å². The van der Waals surface area contributed by atoms with E-state index >= 15 is 0 Å². The lowest BCUT2D eigenvalue weighted by molar-refractivity contribution is 1.31. The predicted octanol–water partition coefficient (Wildman–Crippen LogP) is 5.31. The van der Waals surface area contributed by atoms with Crippen molar-refractivity contribution in [2.24, 2.45) is 0 Å². The molecule has 4 rings (SSSR count). The molecule has 0 N–H and O–H groups in total. The van der Waals surface area contributed by atoms with E-state index in [-0.39, 0.29) is 0 Å². The van der Waals surface area contributed by atoms with Crippen LogP contribution < -0.4 is 0 Å². The topological polar surface area (TPSA) is 0 Å². The van der Waals surface area contributed by atoms with Gasteiger partial charge in [0.1, 0.15) is 0 Å². The first-order chi connectivity index (χ1) is 9.38. The Morgan fingerprint density at radius 2 is 1.37 bits per heavy atom. The lowest BCUT2D eigenvalue weighted by Gasteiger charge is -2.13. The third-order valence-corrected chi connectivity index (χ3v) is 3.98. The summed E-state index contributed by atoms with van der Waals surface area (Å²) in [6, 6.07) is 19.9. The number of rotatable bonds is 2. The summed E-state index contributed by atoms with van der Waals surface area (Å²) in [6.45, 7) is 3.87. The average molecular weight is 242 g/mol. The van der Waals surface area contributed by atoms with Crippen LogP contribution in [0.15, 0.2) is 67.3 Å². The molecule has 0 aliphatic rings. The van der Waals surface area contributed by atoms with Crippen LogP contribution in [0, 0.1) is 0 Å². The Labute approximate surface area is 112 Å². The summed E-state index contributed by atoms with van der Waals surface area (Å²) in [5, 5.41) is 8.13. The van der Waals surface area contributed by atoms with Gasteiger partial charge in [-0.3, -0.25) is 0 Å². The molecule has 0 heteroatoms. The maximum Gasteiger partial charge on any atom is -0.00239 e. The second-order valence-corrected chi connectivity index (χ2v) is 5.07. The van der Waals surface area contributed by atoms with Gasteiger partial charge in [-0.2, -0.15) is 0 Å². The van der Waals surface area contributed by atoms with Gasteiger partial charge in [0.05, 0.1) is 0 Å². The van der Waals surface area contributed by atoms with Crippen molar-refractivity contribution in [1.82, 2.24) is 0 Å². The average Bonchev–Trinajstić information content (AvgIpc) is 2.46. The van der Waals surface area contributed by atoms with Crippen molar-refractivity contribution in [2.45, 2.75) is 6.42 Å². The highest BCUT2D eigenvalue weighted by Crippen LogP contribution is 2.35. The molecule has 0 fully saturated rings. The van der Waals surface area contributed by atoms with Gasteiger partial charge in [0.15, 0.2) is 0 Å². The standard InChI is InChI=1S/C19H14/c1-2-4-13-7-8-16-10-9-14-5-3-6-15-11-12-17(13)19(16)18(14)15/h2-3,5-12H,1,4H2. The van der Waals surface area contributed by atoms with Crippen LogP contribution in [0.25, 0.3) is 32.3 Å². The van der Waals surface area contributed by atoms with Gasteiger partial charge in [0, 0.05) is 0 Å². The van der Waals surface area contributed by atoms with Crippen molar-refractivity contribution in [1.29, 1.82) is 0 Å². The third kappa shape index (κ3) is 1.40. The van der Waals surface area contributed by atoms with Crippen molar-refractivity contribution < 1.29 is 0 Å². The molecule has 0 spiro atoms. The van der Waals surface area contributed by atoms with Crippen molar-refractivity contribution in [2.75, 3.05) is 0 Å². The minimum absolute atomic E-state index is 0.925. The van der Waals surface area contributed by atoms with E-state index in [1.807, 2.05) is 6.08 Å². The summed E-state index contributed by atoms with van der Waals surface area (Å²) < 4.78 is 0. The molecule has 4 aromatic carbocycles. The molecular formula is C19H14. The Balaban J connectivity index is 2.31. The molecule has 90 valence electrons. The van der Waals surface area contributed by atoms with Gasteiger partial charge < -0.3 is 0 Å². The first-order valence-electron chi connectivity index (χ1n) is 6.65. The Hall–Kier alpha value is -2.34. The van der Waals surface area contributed by atoms with Crippen molar-refractivity contribution in [3.05, 3.63) is 72.8 Å². The first kappa shape index (κ1) is 10.6. The summed E-state index contributed by atoms with van der Waals surface area (Å²) in [5.74, 6) is 0. The van der Waals surface area contributed by atoms with E-state index < -0.39 is 0 Å². The molecule has 0 bridgehead atoms. The molecule has 0 aliphatic carbocycles. The van der Waals surface area contributed by atoms with E-state index in [1.54, 1.807) is 0 Å². The van der Waals surface area contributed by atoms with E-state index in [0.717, 1.165) is 6.42 Å². The van der Waals surface area contributed by atoms with Crippen LogP contribution in [0.5, 0.6) is 0 Å². The van der Waals surface area contributed by atoms with Gasteiger partial charge in [0.25, 0.3) is 0 Å². The highest BCUT2D eigenvalue weighted by Gasteiger charge is 2.09. The molecule has 0 atom stereocenters. The summed E-state index contributed by atoms with van der Waals surface area (Å²) >= 11 is 0. The van der Waals surface area contributed by atoms with E-state index in [1.165, 1.54) is 37.9 Å². The normalized spacial score (nSPS) is 11.6. The summed E-state index contributed by atoms with van der Waals surface area (Å²) in [4.78, 5) is 0. The summed E-state index contributed by atoms with van der Waals surface area (Å²) in [7, 11) is 0. The number of hydrogen-bond acceptors (Lipinski definition) is 0. The van der Waals surface area contributed by atoms with Gasteiger partial charge in [0.2, 0.25) is 0 Å². The molecule has 0 saturated carbocycles. The zero-order valence-electron chi connectivity index (χ0n) is 10.7. The SMILES string of the molecule is C=CCc1ccc2ccc3cccc4ccc1c2c34. The molecule has 0 nitrogen and oxygen atoms in total. The highest BCUT2D eigenvalue weighted by atomic mass is 14.1. The molecule has 0 unspecified atom stereocenters. The summed E-state index contributed by atoms with van der Waals surface area (Å²) in [5.41, 5.74) is 1.36. The Kier molecular flexibility index (Phi) is 2.13. The van der Waals surface area contributed by atoms with E-state index in [0.29, 0.717) is 0 Å². The molecule has 19 heavy (non-hydrogen) atoms. The lowest BCUT2D eigenvalue weighted by Crippen LogP contribution is -1.88. The monoisotopic (exact) mass is 242 g/mol. The molecule has 0 amide bonds. The molecule has 0 aromatic heterocycles. The fraction of sp³-hybridized carbons (Fsp3) is 0.0526. The molecule has 4 aromatic rings. The largest absolute Gasteiger partial charge is 0.103 e. The smallest absolute Gasteiger partial charge is 0.00239 e. The quantitative estimate of drug-likeness (QED) is 0.330. The minimum Gasteiger partial charge on any atom is -0.103 e. The Morgan fingerprint density at radius 1 is 0.737 bits per heavy atom. The summed E-state index contributed by atoms with van der Waals surface area (Å²) in [6.07, 6.45) is 2.90. The van der Waals surface area contributed by atoms with Gasteiger partial charge >= 0.3 is 0 Å². The maximum atomic E-state index is 3.87. The highest BCUT2D eigenvalue weighted by molar-refractivity contribution is 6.23. The van der Waals surface area contributed by atoms with Crippen LogP contribution in [0.2, 0.25) is 0 Å². The van der Waals surface area contributed by atoms with Crippen LogP contribution in [0.4, 0.5) is 0 Å². The minimum atomic E-state index is 0.925. The fourth-order valence-electron chi connectivity index (χ4n) is 3.13. The van der Waals surface area contributed by atoms with E-state index in [2.05, 4.69) is 61.2 Å². The number of hydrogen-bond donors (Lipinski definition) is 0. The van der Waals surface area contributed by atoms with E-state index in [4.69, 9.17) is 0 Å². The lowest BCUT2D eigenvalue weighted by atomic mass is 9.91. The van der Waals surface area contributed by atoms with Gasteiger partial charge in [-0.25, -0.2) is 0 Å². The second-order valence-electron chi connectivity index (χ2n) is 5.07. The zero-order chi connectivity index (χ0) is 12.8. The Morgan fingerprint density at radius 3 is 2.11 bits per heavy atom. The zero-order valence-corrected chi connectivity index (χ0v) is 10.7. The first-order valence-corrected chi connectivity index (χ1v) is 6.65. The molecule has 0 saturated heterocycles. The van der Waals surface area contributed by atoms with Crippen molar-refractivity contribution >= 4 is 32.3 Å². The van der Waals surface area contributed by atoms with Crippen LogP contribution in [-0.4, -0.2) is 0 Å². The van der Waals surface area contributed by atoms with Crippen LogP contribution >= 0.6 is 0 Å². The van der Waals surface area contributed by atoms with Crippen molar-refractivity contribution in [3.63, 3.8) is 0 Å². The molecule has 0 aliphatic heterocycles. The number of allylic oxidation sites excluding steroid dienone is 1. The Bertz CT molecular complexity index is 884. The second kappa shape index (κ2) is 3.83. The van der Waals surface area contributed by atoms with Crippen LogP contribution in [0.3, 0.4) is 0 Å². The fourth-order valence-corrected chi connectivity index (χ4v) is 3.13. The maximum absolute atomic E-state index is 3.87. The molecule has 0 radical (unpaired) electrons.